The molecule has 0 bridgehead atoms. The first-order chi connectivity index (χ1) is 11.4. The molecule has 0 atom stereocenters. The van der Waals surface area contributed by atoms with Gasteiger partial charge in [-0.05, 0) is 70.4 Å². The lowest BCUT2D eigenvalue weighted by atomic mass is 10.1. The van der Waals surface area contributed by atoms with Gasteiger partial charge in [0.15, 0.2) is 6.61 Å². The van der Waals surface area contributed by atoms with Crippen molar-refractivity contribution in [1.29, 1.82) is 0 Å². The molecule has 4 nitrogen and oxygen atoms in total. The highest BCUT2D eigenvalue weighted by molar-refractivity contribution is 9.10. The van der Waals surface area contributed by atoms with Gasteiger partial charge in [-0.2, -0.15) is 5.10 Å². The van der Waals surface area contributed by atoms with Gasteiger partial charge in [0.05, 0.1) is 0 Å². The molecule has 0 unspecified atom stereocenters. The van der Waals surface area contributed by atoms with Crippen LogP contribution in [0.5, 0.6) is 5.75 Å². The smallest absolute Gasteiger partial charge is 0.277 e. The molecule has 0 saturated heterocycles. The van der Waals surface area contributed by atoms with Crippen molar-refractivity contribution in [2.75, 3.05) is 6.61 Å². The maximum atomic E-state index is 11.7. The van der Waals surface area contributed by atoms with E-state index in [0.717, 1.165) is 22.9 Å². The van der Waals surface area contributed by atoms with Gasteiger partial charge < -0.3 is 4.74 Å². The molecule has 0 saturated carbocycles. The second-order valence-corrected chi connectivity index (χ2v) is 6.76. The molecule has 1 N–H and O–H groups in total. The summed E-state index contributed by atoms with van der Waals surface area (Å²) in [6.07, 6.45) is 7.71. The zero-order valence-electron chi connectivity index (χ0n) is 14.7. The van der Waals surface area contributed by atoms with E-state index in [1.807, 2.05) is 38.1 Å². The lowest BCUT2D eigenvalue weighted by Crippen LogP contribution is -2.24. The van der Waals surface area contributed by atoms with Crippen LogP contribution < -0.4 is 10.2 Å². The van der Waals surface area contributed by atoms with Gasteiger partial charge in [0.2, 0.25) is 0 Å². The Morgan fingerprint density at radius 1 is 1.33 bits per heavy atom. The van der Waals surface area contributed by atoms with Crippen LogP contribution in [-0.2, 0) is 4.79 Å². The number of aryl methyl sites for hydroxylation is 1. The number of benzene rings is 1. The van der Waals surface area contributed by atoms with E-state index in [1.165, 1.54) is 11.1 Å². The predicted octanol–water partition coefficient (Wildman–Crippen LogP) is 4.93. The summed E-state index contributed by atoms with van der Waals surface area (Å²) in [6.45, 7) is 8.09. The molecule has 1 amide bonds. The van der Waals surface area contributed by atoms with Crippen molar-refractivity contribution in [2.24, 2.45) is 5.10 Å². The summed E-state index contributed by atoms with van der Waals surface area (Å²) in [4.78, 5) is 11.7. The van der Waals surface area contributed by atoms with Crippen molar-refractivity contribution in [1.82, 2.24) is 5.43 Å². The number of carbonyl (C=O) groups excluding carboxylic acids is 1. The minimum atomic E-state index is -0.288. The van der Waals surface area contributed by atoms with Crippen LogP contribution in [0, 0.1) is 6.92 Å². The molecule has 24 heavy (non-hydrogen) atoms. The molecule has 0 fully saturated rings. The van der Waals surface area contributed by atoms with Crippen molar-refractivity contribution in [3.05, 3.63) is 51.5 Å². The van der Waals surface area contributed by atoms with E-state index >= 15 is 0 Å². The van der Waals surface area contributed by atoms with Gasteiger partial charge in [-0.25, -0.2) is 5.43 Å². The summed E-state index contributed by atoms with van der Waals surface area (Å²) in [6, 6.07) is 5.64. The third kappa shape index (κ3) is 8.67. The zero-order chi connectivity index (χ0) is 17.9. The molecule has 130 valence electrons. The van der Waals surface area contributed by atoms with E-state index in [9.17, 15) is 4.79 Å². The highest BCUT2D eigenvalue weighted by Gasteiger charge is 2.04. The Morgan fingerprint density at radius 2 is 2.08 bits per heavy atom. The van der Waals surface area contributed by atoms with Gasteiger partial charge in [0.25, 0.3) is 5.91 Å². The van der Waals surface area contributed by atoms with Crippen molar-refractivity contribution in [3.8, 4) is 5.75 Å². The topological polar surface area (TPSA) is 50.7 Å². The highest BCUT2D eigenvalue weighted by atomic mass is 79.9. The maximum absolute atomic E-state index is 11.7. The van der Waals surface area contributed by atoms with E-state index < -0.39 is 0 Å². The van der Waals surface area contributed by atoms with Gasteiger partial charge in [0, 0.05) is 10.7 Å². The fourth-order valence-corrected chi connectivity index (χ4v) is 2.37. The molecule has 0 heterocycles. The zero-order valence-corrected chi connectivity index (χ0v) is 16.3. The number of hydrogen-bond donors (Lipinski definition) is 1. The number of halogens is 1. The molecule has 1 aromatic carbocycles. The van der Waals surface area contributed by atoms with E-state index in [4.69, 9.17) is 4.74 Å². The van der Waals surface area contributed by atoms with Crippen molar-refractivity contribution in [3.63, 3.8) is 0 Å². The van der Waals surface area contributed by atoms with Gasteiger partial charge >= 0.3 is 0 Å². The summed E-state index contributed by atoms with van der Waals surface area (Å²) in [7, 11) is 0. The molecular formula is C19H25BrN2O2. The van der Waals surface area contributed by atoms with E-state index in [1.54, 1.807) is 6.21 Å². The van der Waals surface area contributed by atoms with Crippen LogP contribution in [0.25, 0.3) is 0 Å². The lowest BCUT2D eigenvalue weighted by Gasteiger charge is -2.08. The van der Waals surface area contributed by atoms with Crippen molar-refractivity contribution in [2.45, 2.75) is 40.5 Å². The molecule has 0 aromatic heterocycles. The molecule has 0 radical (unpaired) electrons. The fraction of sp³-hybridized carbons (Fsp3) is 0.368. The van der Waals surface area contributed by atoms with Gasteiger partial charge in [-0.1, -0.05) is 33.2 Å². The number of nitrogens with one attached hydrogen (secondary N) is 1. The Balaban J connectivity index is 2.33. The summed E-state index contributed by atoms with van der Waals surface area (Å²) in [5.41, 5.74) is 5.96. The Hall–Kier alpha value is -1.88. The summed E-state index contributed by atoms with van der Waals surface area (Å²) in [5.74, 6) is 0.400. The number of hydrogen-bond acceptors (Lipinski definition) is 3. The third-order valence-electron chi connectivity index (χ3n) is 3.21. The predicted molar refractivity (Wildman–Crippen MR) is 103 cm³/mol. The van der Waals surface area contributed by atoms with Crippen LogP contribution in [0.15, 0.2) is 51.1 Å². The Morgan fingerprint density at radius 3 is 2.75 bits per heavy atom. The van der Waals surface area contributed by atoms with Crippen LogP contribution in [0.4, 0.5) is 0 Å². The Kier molecular flexibility index (Phi) is 9.08. The third-order valence-corrected chi connectivity index (χ3v) is 3.70. The largest absolute Gasteiger partial charge is 0.483 e. The average molecular weight is 393 g/mol. The van der Waals surface area contributed by atoms with Gasteiger partial charge in [-0.3, -0.25) is 4.79 Å². The number of amides is 1. The number of carbonyl (C=O) groups is 1. The summed E-state index contributed by atoms with van der Waals surface area (Å²) in [5, 5.41) is 3.90. The number of allylic oxidation sites excluding steroid dienone is 4. The lowest BCUT2D eigenvalue weighted by molar-refractivity contribution is -0.123. The molecule has 0 aliphatic rings. The second kappa shape index (κ2) is 10.8. The monoisotopic (exact) mass is 392 g/mol. The Bertz CT molecular complexity index is 645. The standard InChI is InChI=1S/C19H25BrN2O2/c1-14(2)6-5-7-15(3)10-11-21-22-19(23)13-24-18-9-8-17(20)12-16(18)4/h6,8-12H,5,7,13H2,1-4H3,(H,22,23). The SMILES string of the molecule is CC(C)=CCCC(C)=CC=NNC(=O)COc1ccc(Br)cc1C. The van der Waals surface area contributed by atoms with Gasteiger partial charge in [-0.15, -0.1) is 0 Å². The van der Waals surface area contributed by atoms with Crippen LogP contribution in [0.2, 0.25) is 0 Å². The van der Waals surface area contributed by atoms with Crippen molar-refractivity contribution >= 4 is 28.1 Å². The van der Waals surface area contributed by atoms with E-state index in [0.29, 0.717) is 5.75 Å². The van der Waals surface area contributed by atoms with Crippen LogP contribution >= 0.6 is 15.9 Å². The quantitative estimate of drug-likeness (QED) is 0.387. The first kappa shape index (κ1) is 20.2. The number of rotatable bonds is 8. The minimum absolute atomic E-state index is 0.0664. The van der Waals surface area contributed by atoms with E-state index in [-0.39, 0.29) is 12.5 Å². The average Bonchev–Trinajstić information content (AvgIpc) is 2.50. The Labute approximate surface area is 152 Å². The fourth-order valence-electron chi connectivity index (χ4n) is 1.90. The highest BCUT2D eigenvalue weighted by Crippen LogP contribution is 2.21. The molecule has 1 rings (SSSR count). The first-order valence-electron chi connectivity index (χ1n) is 7.88. The maximum Gasteiger partial charge on any atom is 0.277 e. The molecular weight excluding hydrogens is 368 g/mol. The van der Waals surface area contributed by atoms with E-state index in [2.05, 4.69) is 46.4 Å². The summed E-state index contributed by atoms with van der Waals surface area (Å²) >= 11 is 3.39. The molecule has 0 aliphatic heterocycles. The number of hydrazone groups is 1. The van der Waals surface area contributed by atoms with Crippen LogP contribution in [-0.4, -0.2) is 18.7 Å². The summed E-state index contributed by atoms with van der Waals surface area (Å²) < 4.78 is 6.46. The van der Waals surface area contributed by atoms with Crippen LogP contribution in [0.1, 0.15) is 39.2 Å². The molecule has 1 aromatic rings. The second-order valence-electron chi connectivity index (χ2n) is 5.84. The number of nitrogens with zero attached hydrogens (tertiary/aromatic N) is 1. The first-order valence-corrected chi connectivity index (χ1v) is 8.67. The molecule has 0 spiro atoms. The van der Waals surface area contributed by atoms with Crippen LogP contribution in [0.3, 0.4) is 0 Å². The van der Waals surface area contributed by atoms with Crippen molar-refractivity contribution < 1.29 is 9.53 Å². The molecule has 0 aliphatic carbocycles. The van der Waals surface area contributed by atoms with Gasteiger partial charge in [0.1, 0.15) is 5.75 Å². The normalized spacial score (nSPS) is 11.5. The molecule has 5 heteroatoms. The minimum Gasteiger partial charge on any atom is -0.483 e. The number of ether oxygens (including phenoxy) is 1.